The van der Waals surface area contributed by atoms with Crippen LogP contribution in [-0.4, -0.2) is 15.1 Å². The summed E-state index contributed by atoms with van der Waals surface area (Å²) in [5.41, 5.74) is 2.49. The minimum Gasteiger partial charge on any atom is -0.392 e. The molecule has 3 aromatic carbocycles. The summed E-state index contributed by atoms with van der Waals surface area (Å²) in [6.07, 6.45) is 0.545. The van der Waals surface area contributed by atoms with Crippen molar-refractivity contribution in [3.63, 3.8) is 0 Å². The van der Waals surface area contributed by atoms with Gasteiger partial charge in [-0.3, -0.25) is 4.79 Å². The number of benzene rings is 3. The molecule has 118 valence electrons. The molecule has 1 aromatic heterocycles. The molecule has 0 spiro atoms. The predicted molar refractivity (Wildman–Crippen MR) is 95.0 cm³/mol. The van der Waals surface area contributed by atoms with E-state index in [0.29, 0.717) is 23.1 Å². The van der Waals surface area contributed by atoms with Crippen LogP contribution in [0, 0.1) is 0 Å². The number of hydrogen-bond donors (Lipinski definition) is 2. The number of fused-ring (bicyclic) bond motifs is 2. The Morgan fingerprint density at radius 3 is 2.29 bits per heavy atom. The lowest BCUT2D eigenvalue weighted by Gasteiger charge is -2.06. The lowest BCUT2D eigenvalue weighted by atomic mass is 10.1. The van der Waals surface area contributed by atoms with E-state index in [4.69, 9.17) is 5.11 Å². The van der Waals surface area contributed by atoms with Crippen LogP contribution in [0.1, 0.15) is 17.0 Å². The first-order valence-corrected chi connectivity index (χ1v) is 7.83. The molecule has 4 aromatic rings. The first-order chi connectivity index (χ1) is 11.7. The molecule has 0 radical (unpaired) electrons. The topological polar surface area (TPSA) is 66.0 Å². The van der Waals surface area contributed by atoms with Crippen LogP contribution >= 0.6 is 0 Å². The maximum atomic E-state index is 12.4. The molecule has 2 N–H and O–H groups in total. The number of H-pyrrole nitrogens is 1. The van der Waals surface area contributed by atoms with Crippen LogP contribution in [0.3, 0.4) is 0 Å². The van der Waals surface area contributed by atoms with E-state index in [0.717, 1.165) is 21.9 Å². The van der Waals surface area contributed by atoms with Crippen molar-refractivity contribution in [3.8, 4) is 0 Å². The molecule has 24 heavy (non-hydrogen) atoms. The average Bonchev–Trinajstić information content (AvgIpc) is 2.61. The highest BCUT2D eigenvalue weighted by Crippen LogP contribution is 2.19. The molecule has 0 atom stereocenters. The molecular weight excluding hydrogens is 300 g/mol. The molecule has 0 aliphatic rings. The first kappa shape index (κ1) is 14.6. The molecule has 4 rings (SSSR count). The van der Waals surface area contributed by atoms with E-state index < -0.39 is 0 Å². The number of nitrogens with one attached hydrogen (secondary N) is 1. The standard InChI is InChI=1S/C20H16N2O2/c23-12-14-7-5-13(6-8-14)9-19-21-18-11-16-4-2-1-3-15(16)10-17(18)20(24)22-19/h1-8,10-11,23H,9,12H2,(H,21,22,24). The molecule has 4 nitrogen and oxygen atoms in total. The maximum Gasteiger partial charge on any atom is 0.258 e. The van der Waals surface area contributed by atoms with Crippen LogP contribution in [0.5, 0.6) is 0 Å². The number of aliphatic hydroxyl groups is 1. The smallest absolute Gasteiger partial charge is 0.258 e. The second-order valence-corrected chi connectivity index (χ2v) is 5.88. The Morgan fingerprint density at radius 1 is 0.917 bits per heavy atom. The number of aliphatic hydroxyl groups excluding tert-OH is 1. The van der Waals surface area contributed by atoms with Crippen molar-refractivity contribution in [2.75, 3.05) is 0 Å². The van der Waals surface area contributed by atoms with Crippen molar-refractivity contribution in [3.05, 3.63) is 88.0 Å². The molecule has 0 saturated heterocycles. The van der Waals surface area contributed by atoms with Crippen LogP contribution in [-0.2, 0) is 13.0 Å². The van der Waals surface area contributed by atoms with E-state index >= 15 is 0 Å². The van der Waals surface area contributed by atoms with E-state index in [-0.39, 0.29) is 12.2 Å². The first-order valence-electron chi connectivity index (χ1n) is 7.83. The quantitative estimate of drug-likeness (QED) is 0.571. The van der Waals surface area contributed by atoms with Gasteiger partial charge in [0.2, 0.25) is 0 Å². The van der Waals surface area contributed by atoms with Crippen molar-refractivity contribution < 1.29 is 5.11 Å². The zero-order valence-corrected chi connectivity index (χ0v) is 13.0. The highest BCUT2D eigenvalue weighted by Gasteiger charge is 2.06. The number of nitrogens with zero attached hydrogens (tertiary/aromatic N) is 1. The van der Waals surface area contributed by atoms with Crippen LogP contribution in [0.4, 0.5) is 0 Å². The third-order valence-electron chi connectivity index (χ3n) is 4.20. The van der Waals surface area contributed by atoms with E-state index in [9.17, 15) is 4.79 Å². The fourth-order valence-corrected chi connectivity index (χ4v) is 2.91. The Balaban J connectivity index is 1.78. The zero-order chi connectivity index (χ0) is 16.5. The van der Waals surface area contributed by atoms with Crippen molar-refractivity contribution in [2.45, 2.75) is 13.0 Å². The minimum atomic E-state index is -0.118. The van der Waals surface area contributed by atoms with Gasteiger partial charge in [-0.25, -0.2) is 4.98 Å². The Bertz CT molecular complexity index is 1080. The summed E-state index contributed by atoms with van der Waals surface area (Å²) in [7, 11) is 0. The molecule has 1 heterocycles. The number of aromatic nitrogens is 2. The van der Waals surface area contributed by atoms with Gasteiger partial charge in [-0.1, -0.05) is 48.5 Å². The minimum absolute atomic E-state index is 0.0262. The summed E-state index contributed by atoms with van der Waals surface area (Å²) < 4.78 is 0. The average molecular weight is 316 g/mol. The summed E-state index contributed by atoms with van der Waals surface area (Å²) in [6, 6.07) is 19.4. The monoisotopic (exact) mass is 316 g/mol. The van der Waals surface area contributed by atoms with E-state index in [1.54, 1.807) is 0 Å². The zero-order valence-electron chi connectivity index (χ0n) is 13.0. The van der Waals surface area contributed by atoms with Crippen LogP contribution in [0.15, 0.2) is 65.5 Å². The number of rotatable bonds is 3. The molecule has 0 bridgehead atoms. The summed E-state index contributed by atoms with van der Waals surface area (Å²) in [5.74, 6) is 0.638. The van der Waals surface area contributed by atoms with Crippen molar-refractivity contribution in [1.29, 1.82) is 0 Å². The van der Waals surface area contributed by atoms with Gasteiger partial charge in [0.1, 0.15) is 5.82 Å². The molecule has 0 fully saturated rings. The van der Waals surface area contributed by atoms with Crippen LogP contribution in [0.2, 0.25) is 0 Å². The third-order valence-corrected chi connectivity index (χ3v) is 4.20. The fourth-order valence-electron chi connectivity index (χ4n) is 2.91. The normalized spacial score (nSPS) is 11.2. The summed E-state index contributed by atoms with van der Waals surface area (Å²) in [4.78, 5) is 19.9. The third kappa shape index (κ3) is 2.68. The molecule has 0 aliphatic heterocycles. The Hall–Kier alpha value is -2.98. The van der Waals surface area contributed by atoms with Gasteiger partial charge in [0.25, 0.3) is 5.56 Å². The second kappa shape index (κ2) is 5.91. The number of hydrogen-bond acceptors (Lipinski definition) is 3. The van der Waals surface area contributed by atoms with E-state index in [1.165, 1.54) is 0 Å². The predicted octanol–water partition coefficient (Wildman–Crippen LogP) is 3.16. The Kier molecular flexibility index (Phi) is 3.59. The Labute approximate surface area is 138 Å². The van der Waals surface area contributed by atoms with Gasteiger partial charge >= 0.3 is 0 Å². The molecule has 0 aliphatic carbocycles. The highest BCUT2D eigenvalue weighted by atomic mass is 16.3. The van der Waals surface area contributed by atoms with Gasteiger partial charge in [-0.05, 0) is 34.0 Å². The van der Waals surface area contributed by atoms with Crippen LogP contribution in [0.25, 0.3) is 21.7 Å². The van der Waals surface area contributed by atoms with Crippen molar-refractivity contribution in [1.82, 2.24) is 9.97 Å². The van der Waals surface area contributed by atoms with Crippen molar-refractivity contribution in [2.24, 2.45) is 0 Å². The molecule has 0 unspecified atom stereocenters. The summed E-state index contributed by atoms with van der Waals surface area (Å²) >= 11 is 0. The van der Waals surface area contributed by atoms with Gasteiger partial charge < -0.3 is 10.1 Å². The van der Waals surface area contributed by atoms with E-state index in [2.05, 4.69) is 9.97 Å². The molecule has 4 heteroatoms. The lowest BCUT2D eigenvalue weighted by molar-refractivity contribution is 0.282. The summed E-state index contributed by atoms with van der Waals surface area (Å²) in [6.45, 7) is 0.0262. The maximum absolute atomic E-state index is 12.4. The second-order valence-electron chi connectivity index (χ2n) is 5.88. The van der Waals surface area contributed by atoms with Gasteiger partial charge in [-0.15, -0.1) is 0 Å². The van der Waals surface area contributed by atoms with Crippen LogP contribution < -0.4 is 5.56 Å². The lowest BCUT2D eigenvalue weighted by Crippen LogP contribution is -2.12. The highest BCUT2D eigenvalue weighted by molar-refractivity contribution is 5.95. The fraction of sp³-hybridized carbons (Fsp3) is 0.100. The van der Waals surface area contributed by atoms with Gasteiger partial charge in [0.15, 0.2) is 0 Å². The van der Waals surface area contributed by atoms with Gasteiger partial charge in [0.05, 0.1) is 17.5 Å². The van der Waals surface area contributed by atoms with Crippen molar-refractivity contribution >= 4 is 21.7 Å². The number of aromatic amines is 1. The SMILES string of the molecule is O=c1[nH]c(Cc2ccc(CO)cc2)nc2cc3ccccc3cc12. The summed E-state index contributed by atoms with van der Waals surface area (Å²) in [5, 5.41) is 11.8. The largest absolute Gasteiger partial charge is 0.392 e. The van der Waals surface area contributed by atoms with Gasteiger partial charge in [0, 0.05) is 6.42 Å². The Morgan fingerprint density at radius 2 is 1.58 bits per heavy atom. The van der Waals surface area contributed by atoms with E-state index in [1.807, 2.05) is 60.7 Å². The van der Waals surface area contributed by atoms with Gasteiger partial charge in [-0.2, -0.15) is 0 Å². The molecule has 0 saturated carbocycles. The molecular formula is C20H16N2O2. The molecule has 0 amide bonds.